The molecule has 8 nitrogen and oxygen atoms in total. The van der Waals surface area contributed by atoms with Gasteiger partial charge in [0, 0.05) is 38.7 Å². The van der Waals surface area contributed by atoms with E-state index in [1.807, 2.05) is 31.2 Å². The molecule has 0 radical (unpaired) electrons. The van der Waals surface area contributed by atoms with Crippen LogP contribution >= 0.6 is 0 Å². The molecule has 2 amide bonds. The number of methoxy groups -OCH3 is 1. The summed E-state index contributed by atoms with van der Waals surface area (Å²) in [6, 6.07) is 7.14. The molecule has 1 aromatic carbocycles. The highest BCUT2D eigenvalue weighted by Gasteiger charge is 2.52. The summed E-state index contributed by atoms with van der Waals surface area (Å²) in [5.41, 5.74) is 0.393. The van der Waals surface area contributed by atoms with Crippen LogP contribution in [0.4, 0.5) is 10.5 Å². The first-order valence-electron chi connectivity index (χ1n) is 9.51. The van der Waals surface area contributed by atoms with Crippen molar-refractivity contribution in [1.82, 2.24) is 9.21 Å². The predicted octanol–water partition coefficient (Wildman–Crippen LogP) is 1.85. The minimum absolute atomic E-state index is 0.0452. The van der Waals surface area contributed by atoms with Gasteiger partial charge < -0.3 is 19.7 Å². The number of para-hydroxylation sites is 2. The number of urea groups is 1. The molecule has 2 aliphatic rings. The van der Waals surface area contributed by atoms with E-state index in [4.69, 9.17) is 9.47 Å². The highest BCUT2D eigenvalue weighted by molar-refractivity contribution is 7.88. The van der Waals surface area contributed by atoms with Crippen LogP contribution in [0.5, 0.6) is 5.75 Å². The van der Waals surface area contributed by atoms with E-state index in [2.05, 4.69) is 5.32 Å². The van der Waals surface area contributed by atoms with Crippen molar-refractivity contribution in [2.45, 2.75) is 13.3 Å². The molecule has 1 N–H and O–H groups in total. The number of sulfonamides is 1. The number of hydrogen-bond donors (Lipinski definition) is 1. The van der Waals surface area contributed by atoms with Gasteiger partial charge in [-0.1, -0.05) is 12.1 Å². The van der Waals surface area contributed by atoms with E-state index >= 15 is 0 Å². The molecule has 2 saturated heterocycles. The summed E-state index contributed by atoms with van der Waals surface area (Å²) < 4.78 is 36.6. The molecule has 0 saturated carbocycles. The van der Waals surface area contributed by atoms with Crippen molar-refractivity contribution in [3.63, 3.8) is 0 Å². The van der Waals surface area contributed by atoms with Crippen molar-refractivity contribution >= 4 is 21.7 Å². The van der Waals surface area contributed by atoms with Crippen molar-refractivity contribution < 1.29 is 22.7 Å². The molecular weight excluding hydrogens is 382 g/mol. The van der Waals surface area contributed by atoms with E-state index in [-0.39, 0.29) is 17.4 Å². The highest BCUT2D eigenvalue weighted by atomic mass is 32.2. The molecule has 2 atom stereocenters. The minimum atomic E-state index is -3.27. The van der Waals surface area contributed by atoms with E-state index in [1.54, 1.807) is 12.0 Å². The molecular formula is C19H29N3O5S. The third-order valence-corrected chi connectivity index (χ3v) is 6.93. The Bertz CT molecular complexity index is 816. The van der Waals surface area contributed by atoms with E-state index in [1.165, 1.54) is 10.6 Å². The molecule has 2 heterocycles. The number of amides is 2. The average Bonchev–Trinajstić information content (AvgIpc) is 3.02. The van der Waals surface area contributed by atoms with Gasteiger partial charge in [0.1, 0.15) is 5.75 Å². The maximum absolute atomic E-state index is 12.8. The molecule has 0 spiro atoms. The summed E-state index contributed by atoms with van der Waals surface area (Å²) in [7, 11) is -1.64. The monoisotopic (exact) mass is 411 g/mol. The van der Waals surface area contributed by atoms with Crippen molar-refractivity contribution in [3.05, 3.63) is 24.3 Å². The lowest BCUT2D eigenvalue weighted by atomic mass is 9.73. The molecule has 2 fully saturated rings. The maximum atomic E-state index is 12.8. The van der Waals surface area contributed by atoms with Gasteiger partial charge in [-0.25, -0.2) is 17.5 Å². The van der Waals surface area contributed by atoms with Crippen LogP contribution in [0.25, 0.3) is 0 Å². The van der Waals surface area contributed by atoms with E-state index < -0.39 is 10.0 Å². The number of benzene rings is 1. The van der Waals surface area contributed by atoms with Gasteiger partial charge in [-0.15, -0.1) is 0 Å². The van der Waals surface area contributed by atoms with Gasteiger partial charge in [0.15, 0.2) is 0 Å². The Hall–Kier alpha value is -1.84. The zero-order valence-electron chi connectivity index (χ0n) is 16.7. The summed E-state index contributed by atoms with van der Waals surface area (Å²) in [6.07, 6.45) is 1.94. The Balaban J connectivity index is 1.72. The Morgan fingerprint density at radius 1 is 1.32 bits per heavy atom. The quantitative estimate of drug-likeness (QED) is 0.772. The zero-order chi connectivity index (χ0) is 20.4. The summed E-state index contributed by atoms with van der Waals surface area (Å²) in [5.74, 6) is 0.678. The lowest BCUT2D eigenvalue weighted by Crippen LogP contribution is -2.51. The number of likely N-dealkylation sites (tertiary alicyclic amines) is 1. The number of anilines is 1. The van der Waals surface area contributed by atoms with Crippen LogP contribution < -0.4 is 10.1 Å². The first kappa shape index (κ1) is 20.9. The zero-order valence-corrected chi connectivity index (χ0v) is 17.5. The first-order chi connectivity index (χ1) is 13.3. The van der Waals surface area contributed by atoms with Gasteiger partial charge in [0.05, 0.1) is 25.2 Å². The molecule has 1 aromatic rings. The average molecular weight is 412 g/mol. The third kappa shape index (κ3) is 4.26. The number of ether oxygens (including phenoxy) is 2. The lowest BCUT2D eigenvalue weighted by molar-refractivity contribution is 0.0131. The molecule has 0 unspecified atom stereocenters. The second-order valence-corrected chi connectivity index (χ2v) is 9.59. The van der Waals surface area contributed by atoms with Crippen molar-refractivity contribution in [2.75, 3.05) is 58.1 Å². The fourth-order valence-electron chi connectivity index (χ4n) is 4.24. The topological polar surface area (TPSA) is 88.2 Å². The van der Waals surface area contributed by atoms with Crippen molar-refractivity contribution in [1.29, 1.82) is 0 Å². The number of rotatable bonds is 6. The van der Waals surface area contributed by atoms with Gasteiger partial charge in [0.2, 0.25) is 10.0 Å². The van der Waals surface area contributed by atoms with Crippen LogP contribution in [0.2, 0.25) is 0 Å². The fraction of sp³-hybridized carbons (Fsp3) is 0.632. The normalized spacial score (nSPS) is 25.4. The van der Waals surface area contributed by atoms with Gasteiger partial charge in [-0.05, 0) is 31.4 Å². The van der Waals surface area contributed by atoms with Crippen LogP contribution in [0, 0.1) is 11.3 Å². The Morgan fingerprint density at radius 2 is 2.07 bits per heavy atom. The molecule has 2 aliphatic heterocycles. The molecule has 0 aliphatic carbocycles. The number of hydrogen-bond acceptors (Lipinski definition) is 5. The predicted molar refractivity (Wildman–Crippen MR) is 107 cm³/mol. The molecule has 9 heteroatoms. The number of nitrogens with zero attached hydrogens (tertiary/aromatic N) is 2. The second kappa shape index (κ2) is 8.26. The molecule has 28 heavy (non-hydrogen) atoms. The molecule has 0 bridgehead atoms. The van der Waals surface area contributed by atoms with Gasteiger partial charge in [-0.3, -0.25) is 0 Å². The summed E-state index contributed by atoms with van der Waals surface area (Å²) in [5, 5.41) is 2.93. The number of fused-ring (bicyclic) bond motifs is 1. The van der Waals surface area contributed by atoms with Crippen LogP contribution in [0.3, 0.4) is 0 Å². The molecule has 156 valence electrons. The van der Waals surface area contributed by atoms with Crippen molar-refractivity contribution in [2.24, 2.45) is 11.3 Å². The largest absolute Gasteiger partial charge is 0.492 e. The first-order valence-corrected chi connectivity index (χ1v) is 11.4. The van der Waals surface area contributed by atoms with Gasteiger partial charge in [-0.2, -0.15) is 0 Å². The van der Waals surface area contributed by atoms with Gasteiger partial charge in [0.25, 0.3) is 0 Å². The van der Waals surface area contributed by atoms with Crippen LogP contribution in [-0.2, 0) is 14.8 Å². The van der Waals surface area contributed by atoms with Crippen LogP contribution in [-0.4, -0.2) is 76.4 Å². The smallest absolute Gasteiger partial charge is 0.321 e. The molecule has 0 aromatic heterocycles. The Morgan fingerprint density at radius 3 is 2.75 bits per heavy atom. The van der Waals surface area contributed by atoms with Gasteiger partial charge >= 0.3 is 6.03 Å². The summed E-state index contributed by atoms with van der Waals surface area (Å²) in [4.78, 5) is 14.6. The Kier molecular flexibility index (Phi) is 6.16. The third-order valence-electron chi connectivity index (χ3n) is 5.72. The minimum Gasteiger partial charge on any atom is -0.492 e. The van der Waals surface area contributed by atoms with Crippen LogP contribution in [0.15, 0.2) is 24.3 Å². The van der Waals surface area contributed by atoms with Crippen LogP contribution in [0.1, 0.15) is 13.3 Å². The van der Waals surface area contributed by atoms with E-state index in [9.17, 15) is 13.2 Å². The SMILES string of the molecule is CCOc1ccccc1NC(=O)N1CC[C@@]2(COC)CN(S(C)(=O)=O)C[C@H]2C1. The summed E-state index contributed by atoms with van der Waals surface area (Å²) >= 11 is 0. The second-order valence-electron chi connectivity index (χ2n) is 7.60. The number of carbonyl (C=O) groups is 1. The molecule has 3 rings (SSSR count). The number of carbonyl (C=O) groups excluding carboxylic acids is 1. The number of nitrogens with one attached hydrogen (secondary N) is 1. The maximum Gasteiger partial charge on any atom is 0.321 e. The lowest BCUT2D eigenvalue weighted by Gasteiger charge is -2.43. The Labute approximate surface area is 166 Å². The highest BCUT2D eigenvalue weighted by Crippen LogP contribution is 2.44. The van der Waals surface area contributed by atoms with E-state index in [0.29, 0.717) is 57.3 Å². The standard InChI is InChI=1S/C19H29N3O5S/c1-4-27-17-8-6-5-7-16(17)20-18(23)21-10-9-19(14-26-2)13-22(28(3,24)25)12-15(19)11-21/h5-8,15H,4,9-14H2,1-3H3,(H,20,23)/t15-,19+/m1/s1. The number of piperidine rings is 1. The van der Waals surface area contributed by atoms with E-state index in [0.717, 1.165) is 0 Å². The summed E-state index contributed by atoms with van der Waals surface area (Å²) in [6.45, 7) is 4.82. The fourth-order valence-corrected chi connectivity index (χ4v) is 5.18. The van der Waals surface area contributed by atoms with Crippen molar-refractivity contribution in [3.8, 4) is 5.75 Å².